The Bertz CT molecular complexity index is 372. The summed E-state index contributed by atoms with van der Waals surface area (Å²) in [4.78, 5) is 0. The van der Waals surface area contributed by atoms with Gasteiger partial charge in [-0.25, -0.2) is 0 Å². The highest BCUT2D eigenvalue weighted by Gasteiger charge is 2.06. The normalized spacial score (nSPS) is 12.4. The predicted octanol–water partition coefficient (Wildman–Crippen LogP) is 2.90. The molecule has 0 amide bonds. The lowest BCUT2D eigenvalue weighted by molar-refractivity contribution is 0.0806. The number of hydrogen-bond donors (Lipinski definition) is 1. The van der Waals surface area contributed by atoms with Crippen LogP contribution in [0.1, 0.15) is 24.9 Å². The van der Waals surface area contributed by atoms with Crippen molar-refractivity contribution in [3.8, 4) is 5.75 Å². The zero-order chi connectivity index (χ0) is 14.1. The fourth-order valence-electron chi connectivity index (χ4n) is 1.59. The first-order chi connectivity index (χ1) is 9.15. The van der Waals surface area contributed by atoms with Gasteiger partial charge in [0, 0.05) is 30.8 Å². The van der Waals surface area contributed by atoms with Crippen LogP contribution in [0.3, 0.4) is 0 Å². The molecule has 0 aromatic heterocycles. The van der Waals surface area contributed by atoms with Crippen molar-refractivity contribution in [2.75, 3.05) is 33.5 Å². The van der Waals surface area contributed by atoms with Crippen LogP contribution in [0.25, 0.3) is 0 Å². The third kappa shape index (κ3) is 6.38. The molecule has 2 N–H and O–H groups in total. The van der Waals surface area contributed by atoms with Crippen molar-refractivity contribution in [3.05, 3.63) is 28.2 Å². The molecule has 108 valence electrons. The predicted molar refractivity (Wildman–Crippen MR) is 79.6 cm³/mol. The highest BCUT2D eigenvalue weighted by atomic mass is 79.9. The summed E-state index contributed by atoms with van der Waals surface area (Å²) in [6.07, 6.45) is 0.908. The number of rotatable bonds is 9. The molecular weight excluding hydrogens is 310 g/mol. The second-order valence-corrected chi connectivity index (χ2v) is 5.13. The lowest BCUT2D eigenvalue weighted by Crippen LogP contribution is -2.09. The number of hydrogen-bond acceptors (Lipinski definition) is 4. The van der Waals surface area contributed by atoms with Gasteiger partial charge in [-0.3, -0.25) is 0 Å². The monoisotopic (exact) mass is 331 g/mol. The van der Waals surface area contributed by atoms with Gasteiger partial charge >= 0.3 is 0 Å². The SMILES string of the molecule is COCCCOCCOc1ccc([C@@H](C)N)c(Br)c1. The molecule has 0 fully saturated rings. The second kappa shape index (κ2) is 9.31. The van der Waals surface area contributed by atoms with Gasteiger partial charge in [0.15, 0.2) is 0 Å². The van der Waals surface area contributed by atoms with Crippen molar-refractivity contribution in [1.82, 2.24) is 0 Å². The number of nitrogens with two attached hydrogens (primary N) is 1. The maximum absolute atomic E-state index is 5.84. The molecule has 0 aliphatic rings. The maximum Gasteiger partial charge on any atom is 0.120 e. The third-order valence-electron chi connectivity index (χ3n) is 2.60. The quantitative estimate of drug-likeness (QED) is 0.707. The minimum absolute atomic E-state index is 0.00698. The Labute approximate surface area is 123 Å². The summed E-state index contributed by atoms with van der Waals surface area (Å²) in [6, 6.07) is 5.84. The summed E-state index contributed by atoms with van der Waals surface area (Å²) in [7, 11) is 1.69. The molecule has 1 aromatic rings. The van der Waals surface area contributed by atoms with Crippen LogP contribution in [0.4, 0.5) is 0 Å². The Balaban J connectivity index is 2.25. The standard InChI is InChI=1S/C14H22BrNO3/c1-11(16)13-5-4-12(10-14(13)15)19-9-8-18-7-3-6-17-2/h4-5,10-11H,3,6-9,16H2,1-2H3/t11-/m1/s1. The molecule has 0 saturated heterocycles. The number of halogens is 1. The van der Waals surface area contributed by atoms with E-state index in [9.17, 15) is 0 Å². The van der Waals surface area contributed by atoms with Crippen molar-refractivity contribution in [3.63, 3.8) is 0 Å². The maximum atomic E-state index is 5.84. The van der Waals surface area contributed by atoms with E-state index in [0.717, 1.165) is 28.8 Å². The molecule has 0 aliphatic heterocycles. The first-order valence-electron chi connectivity index (χ1n) is 6.39. The zero-order valence-corrected chi connectivity index (χ0v) is 13.1. The largest absolute Gasteiger partial charge is 0.491 e. The Morgan fingerprint density at radius 2 is 2.00 bits per heavy atom. The Morgan fingerprint density at radius 1 is 1.21 bits per heavy atom. The lowest BCUT2D eigenvalue weighted by Gasteiger charge is -2.11. The lowest BCUT2D eigenvalue weighted by atomic mass is 10.1. The van der Waals surface area contributed by atoms with Crippen LogP contribution in [0, 0.1) is 0 Å². The summed E-state index contributed by atoms with van der Waals surface area (Å²) >= 11 is 3.49. The van der Waals surface area contributed by atoms with Crippen LogP contribution in [-0.2, 0) is 9.47 Å². The Hall–Kier alpha value is -0.620. The van der Waals surface area contributed by atoms with Gasteiger partial charge in [-0.2, -0.15) is 0 Å². The highest BCUT2D eigenvalue weighted by Crippen LogP contribution is 2.26. The number of benzene rings is 1. The minimum atomic E-state index is 0.00698. The fourth-order valence-corrected chi connectivity index (χ4v) is 2.31. The van der Waals surface area contributed by atoms with Gasteiger partial charge in [-0.1, -0.05) is 22.0 Å². The van der Waals surface area contributed by atoms with E-state index in [1.165, 1.54) is 0 Å². The molecule has 0 aliphatic carbocycles. The van der Waals surface area contributed by atoms with Gasteiger partial charge in [0.1, 0.15) is 12.4 Å². The van der Waals surface area contributed by atoms with E-state index >= 15 is 0 Å². The average Bonchev–Trinajstić information content (AvgIpc) is 2.37. The van der Waals surface area contributed by atoms with Crippen molar-refractivity contribution < 1.29 is 14.2 Å². The third-order valence-corrected chi connectivity index (χ3v) is 3.28. The first kappa shape index (κ1) is 16.4. The van der Waals surface area contributed by atoms with E-state index in [2.05, 4.69) is 15.9 Å². The van der Waals surface area contributed by atoms with Crippen LogP contribution in [0.2, 0.25) is 0 Å². The van der Waals surface area contributed by atoms with E-state index in [1.807, 2.05) is 25.1 Å². The minimum Gasteiger partial charge on any atom is -0.491 e. The van der Waals surface area contributed by atoms with Gasteiger partial charge in [-0.15, -0.1) is 0 Å². The van der Waals surface area contributed by atoms with Crippen LogP contribution < -0.4 is 10.5 Å². The summed E-state index contributed by atoms with van der Waals surface area (Å²) in [5.41, 5.74) is 6.92. The molecule has 0 saturated carbocycles. The Morgan fingerprint density at radius 3 is 2.63 bits per heavy atom. The van der Waals surface area contributed by atoms with E-state index in [0.29, 0.717) is 19.8 Å². The molecule has 4 nitrogen and oxygen atoms in total. The molecule has 0 radical (unpaired) electrons. The van der Waals surface area contributed by atoms with Gasteiger partial charge in [0.25, 0.3) is 0 Å². The van der Waals surface area contributed by atoms with E-state index in [-0.39, 0.29) is 6.04 Å². The average molecular weight is 332 g/mol. The molecule has 0 spiro atoms. The summed E-state index contributed by atoms with van der Waals surface area (Å²) in [5.74, 6) is 0.816. The fraction of sp³-hybridized carbons (Fsp3) is 0.571. The summed E-state index contributed by atoms with van der Waals surface area (Å²) in [6.45, 7) is 4.50. The van der Waals surface area contributed by atoms with Crippen molar-refractivity contribution in [2.24, 2.45) is 5.73 Å². The van der Waals surface area contributed by atoms with Crippen molar-refractivity contribution >= 4 is 15.9 Å². The molecule has 19 heavy (non-hydrogen) atoms. The molecular formula is C14H22BrNO3. The molecule has 0 heterocycles. The highest BCUT2D eigenvalue weighted by molar-refractivity contribution is 9.10. The zero-order valence-electron chi connectivity index (χ0n) is 11.5. The molecule has 1 rings (SSSR count). The van der Waals surface area contributed by atoms with E-state index in [4.69, 9.17) is 19.9 Å². The van der Waals surface area contributed by atoms with Gasteiger partial charge < -0.3 is 19.9 Å². The number of methoxy groups -OCH3 is 1. The second-order valence-electron chi connectivity index (χ2n) is 4.28. The smallest absolute Gasteiger partial charge is 0.120 e. The van der Waals surface area contributed by atoms with Crippen molar-refractivity contribution in [2.45, 2.75) is 19.4 Å². The molecule has 0 bridgehead atoms. The van der Waals surface area contributed by atoms with Crippen LogP contribution in [-0.4, -0.2) is 33.5 Å². The molecule has 1 atom stereocenters. The van der Waals surface area contributed by atoms with Gasteiger partial charge in [0.05, 0.1) is 6.61 Å². The summed E-state index contributed by atoms with van der Waals surface area (Å²) in [5, 5.41) is 0. The van der Waals surface area contributed by atoms with Crippen LogP contribution in [0.15, 0.2) is 22.7 Å². The molecule has 5 heteroatoms. The topological polar surface area (TPSA) is 53.7 Å². The molecule has 1 aromatic carbocycles. The first-order valence-corrected chi connectivity index (χ1v) is 7.19. The van der Waals surface area contributed by atoms with Crippen LogP contribution >= 0.6 is 15.9 Å². The van der Waals surface area contributed by atoms with Gasteiger partial charge in [0.2, 0.25) is 0 Å². The van der Waals surface area contributed by atoms with Gasteiger partial charge in [-0.05, 0) is 31.0 Å². The summed E-state index contributed by atoms with van der Waals surface area (Å²) < 4.78 is 16.9. The van der Waals surface area contributed by atoms with E-state index in [1.54, 1.807) is 7.11 Å². The van der Waals surface area contributed by atoms with Crippen molar-refractivity contribution in [1.29, 1.82) is 0 Å². The van der Waals surface area contributed by atoms with Crippen LogP contribution in [0.5, 0.6) is 5.75 Å². The van der Waals surface area contributed by atoms with E-state index < -0.39 is 0 Å². The molecule has 0 unspecified atom stereocenters. The Kier molecular flexibility index (Phi) is 8.05. The number of ether oxygens (including phenoxy) is 3.